The van der Waals surface area contributed by atoms with E-state index in [0.717, 1.165) is 6.42 Å². The SMILES string of the molecule is C/C=C\C(/C=C\C)=C(C)/C=C\CC. The first-order valence-electron chi connectivity index (χ1n) is 4.89. The summed E-state index contributed by atoms with van der Waals surface area (Å²) in [6.45, 7) is 8.37. The molecule has 0 radical (unpaired) electrons. The van der Waals surface area contributed by atoms with Crippen LogP contribution in [0.1, 0.15) is 34.1 Å². The molecule has 72 valence electrons. The molecule has 0 spiro atoms. The summed E-state index contributed by atoms with van der Waals surface area (Å²) in [6.07, 6.45) is 13.9. The van der Waals surface area contributed by atoms with Crippen LogP contribution in [0.3, 0.4) is 0 Å². The minimum absolute atomic E-state index is 1.09. The lowest BCUT2D eigenvalue weighted by atomic mass is 10.1. The van der Waals surface area contributed by atoms with Crippen molar-refractivity contribution >= 4 is 0 Å². The molecule has 0 heteroatoms. The van der Waals surface area contributed by atoms with Gasteiger partial charge in [-0.15, -0.1) is 0 Å². The molecule has 0 atom stereocenters. The van der Waals surface area contributed by atoms with Gasteiger partial charge in [0, 0.05) is 0 Å². The van der Waals surface area contributed by atoms with Crippen LogP contribution in [0.5, 0.6) is 0 Å². The predicted octanol–water partition coefficient (Wildman–Crippen LogP) is 4.42. The Morgan fingerprint density at radius 1 is 1.00 bits per heavy atom. The van der Waals surface area contributed by atoms with Crippen LogP contribution in [0.25, 0.3) is 0 Å². The summed E-state index contributed by atoms with van der Waals surface area (Å²) in [5.41, 5.74) is 2.60. The molecule has 0 nitrogen and oxygen atoms in total. The van der Waals surface area contributed by atoms with Gasteiger partial charge in [-0.05, 0) is 38.3 Å². The van der Waals surface area contributed by atoms with Crippen molar-refractivity contribution in [3.8, 4) is 0 Å². The van der Waals surface area contributed by atoms with Gasteiger partial charge >= 0.3 is 0 Å². The fraction of sp³-hybridized carbons (Fsp3) is 0.385. The maximum atomic E-state index is 2.18. The third-order valence-electron chi connectivity index (χ3n) is 1.75. The molecule has 0 unspecified atom stereocenters. The summed E-state index contributed by atoms with van der Waals surface area (Å²) in [7, 11) is 0. The maximum absolute atomic E-state index is 2.18. The molecule has 0 N–H and O–H groups in total. The Labute approximate surface area is 82.4 Å². The minimum Gasteiger partial charge on any atom is -0.0871 e. The van der Waals surface area contributed by atoms with Crippen molar-refractivity contribution in [2.24, 2.45) is 0 Å². The van der Waals surface area contributed by atoms with E-state index in [-0.39, 0.29) is 0 Å². The average Bonchev–Trinajstić information content (AvgIpc) is 2.14. The van der Waals surface area contributed by atoms with E-state index in [2.05, 4.69) is 50.3 Å². The minimum atomic E-state index is 1.09. The third-order valence-corrected chi connectivity index (χ3v) is 1.75. The largest absolute Gasteiger partial charge is 0.0871 e. The highest BCUT2D eigenvalue weighted by Crippen LogP contribution is 2.09. The van der Waals surface area contributed by atoms with E-state index in [4.69, 9.17) is 0 Å². The van der Waals surface area contributed by atoms with Crippen LogP contribution < -0.4 is 0 Å². The Hall–Kier alpha value is -1.04. The van der Waals surface area contributed by atoms with Crippen LogP contribution in [0.15, 0.2) is 47.6 Å². The molecule has 0 aliphatic rings. The molecule has 13 heavy (non-hydrogen) atoms. The van der Waals surface area contributed by atoms with E-state index in [9.17, 15) is 0 Å². The zero-order valence-electron chi connectivity index (χ0n) is 9.17. The van der Waals surface area contributed by atoms with Gasteiger partial charge in [0.25, 0.3) is 0 Å². The van der Waals surface area contributed by atoms with Gasteiger partial charge in [0.15, 0.2) is 0 Å². The number of hydrogen-bond donors (Lipinski definition) is 0. The molecule has 0 aliphatic heterocycles. The van der Waals surface area contributed by atoms with Gasteiger partial charge in [0.1, 0.15) is 0 Å². The molecule has 0 heterocycles. The third kappa shape index (κ3) is 5.24. The van der Waals surface area contributed by atoms with E-state index >= 15 is 0 Å². The zero-order chi connectivity index (χ0) is 10.1. The van der Waals surface area contributed by atoms with Crippen molar-refractivity contribution in [2.45, 2.75) is 34.1 Å². The molecule has 0 saturated carbocycles. The first-order valence-corrected chi connectivity index (χ1v) is 4.89. The maximum Gasteiger partial charge on any atom is -0.0234 e. The second-order valence-corrected chi connectivity index (χ2v) is 2.95. The second-order valence-electron chi connectivity index (χ2n) is 2.95. The molecule has 0 aromatic carbocycles. The Kier molecular flexibility index (Phi) is 6.99. The zero-order valence-corrected chi connectivity index (χ0v) is 9.17. The number of allylic oxidation sites excluding steroid dienone is 8. The molecule has 0 aromatic heterocycles. The van der Waals surface area contributed by atoms with Crippen molar-refractivity contribution in [3.05, 3.63) is 47.6 Å². The standard InChI is InChI=1S/C13H20/c1-5-8-11-12(4)13(9-6-2)10-7-3/h6-11H,5H2,1-4H3/b9-6-,10-7-,11-8-. The lowest BCUT2D eigenvalue weighted by Gasteiger charge is -1.98. The summed E-state index contributed by atoms with van der Waals surface area (Å²) in [5.74, 6) is 0. The van der Waals surface area contributed by atoms with Crippen molar-refractivity contribution in [2.75, 3.05) is 0 Å². The van der Waals surface area contributed by atoms with E-state index in [1.807, 2.05) is 13.8 Å². The molecular formula is C13H20. The molecule has 0 amide bonds. The van der Waals surface area contributed by atoms with Gasteiger partial charge in [-0.2, -0.15) is 0 Å². The summed E-state index contributed by atoms with van der Waals surface area (Å²) in [4.78, 5) is 0. The highest BCUT2D eigenvalue weighted by molar-refractivity contribution is 5.39. The summed E-state index contributed by atoms with van der Waals surface area (Å²) < 4.78 is 0. The van der Waals surface area contributed by atoms with Gasteiger partial charge in [0.2, 0.25) is 0 Å². The van der Waals surface area contributed by atoms with Crippen molar-refractivity contribution in [3.63, 3.8) is 0 Å². The monoisotopic (exact) mass is 176 g/mol. The quantitative estimate of drug-likeness (QED) is 0.556. The number of hydrogen-bond acceptors (Lipinski definition) is 0. The lowest BCUT2D eigenvalue weighted by molar-refractivity contribution is 1.21. The first kappa shape index (κ1) is 12.0. The molecule has 0 bridgehead atoms. The van der Waals surface area contributed by atoms with Crippen molar-refractivity contribution < 1.29 is 0 Å². The van der Waals surface area contributed by atoms with Crippen LogP contribution in [0, 0.1) is 0 Å². The van der Waals surface area contributed by atoms with Gasteiger partial charge in [0.05, 0.1) is 0 Å². The van der Waals surface area contributed by atoms with Crippen molar-refractivity contribution in [1.29, 1.82) is 0 Å². The molecule has 0 aliphatic carbocycles. The van der Waals surface area contributed by atoms with E-state index in [1.54, 1.807) is 0 Å². The van der Waals surface area contributed by atoms with E-state index in [1.165, 1.54) is 11.1 Å². The Bertz CT molecular complexity index is 223. The fourth-order valence-corrected chi connectivity index (χ4v) is 1.07. The normalized spacial score (nSPS) is 12.0. The predicted molar refractivity (Wildman–Crippen MR) is 61.8 cm³/mol. The molecule has 0 rings (SSSR count). The van der Waals surface area contributed by atoms with Gasteiger partial charge in [-0.3, -0.25) is 0 Å². The highest BCUT2D eigenvalue weighted by atomic mass is 13.9. The van der Waals surface area contributed by atoms with Crippen LogP contribution in [-0.4, -0.2) is 0 Å². The second kappa shape index (κ2) is 7.60. The molecule has 0 saturated heterocycles. The smallest absolute Gasteiger partial charge is 0.0234 e. The summed E-state index contributed by atoms with van der Waals surface area (Å²) in [6, 6.07) is 0. The average molecular weight is 176 g/mol. The van der Waals surface area contributed by atoms with Crippen LogP contribution in [0.4, 0.5) is 0 Å². The van der Waals surface area contributed by atoms with Crippen molar-refractivity contribution in [1.82, 2.24) is 0 Å². The fourth-order valence-electron chi connectivity index (χ4n) is 1.07. The highest BCUT2D eigenvalue weighted by Gasteiger charge is 1.89. The first-order chi connectivity index (χ1) is 6.26. The van der Waals surface area contributed by atoms with E-state index in [0.29, 0.717) is 0 Å². The molecular weight excluding hydrogens is 156 g/mol. The lowest BCUT2D eigenvalue weighted by Crippen LogP contribution is -1.78. The van der Waals surface area contributed by atoms with Gasteiger partial charge < -0.3 is 0 Å². The Balaban J connectivity index is 4.74. The summed E-state index contributed by atoms with van der Waals surface area (Å²) in [5, 5.41) is 0. The molecule has 0 fully saturated rings. The van der Waals surface area contributed by atoms with Crippen LogP contribution in [0.2, 0.25) is 0 Å². The summed E-state index contributed by atoms with van der Waals surface area (Å²) >= 11 is 0. The van der Waals surface area contributed by atoms with Crippen LogP contribution >= 0.6 is 0 Å². The van der Waals surface area contributed by atoms with Gasteiger partial charge in [-0.25, -0.2) is 0 Å². The molecule has 0 aromatic rings. The Morgan fingerprint density at radius 2 is 1.54 bits per heavy atom. The topological polar surface area (TPSA) is 0 Å². The number of rotatable bonds is 4. The Morgan fingerprint density at radius 3 is 1.92 bits per heavy atom. The van der Waals surface area contributed by atoms with Crippen LogP contribution in [-0.2, 0) is 0 Å². The van der Waals surface area contributed by atoms with Gasteiger partial charge in [-0.1, -0.05) is 43.4 Å². The van der Waals surface area contributed by atoms with E-state index < -0.39 is 0 Å².